The van der Waals surface area contributed by atoms with Crippen LogP contribution in [0.2, 0.25) is 0 Å². The fourth-order valence-corrected chi connectivity index (χ4v) is 2.79. The topological polar surface area (TPSA) is 57.0 Å². The van der Waals surface area contributed by atoms with Crippen molar-refractivity contribution in [3.05, 3.63) is 42.0 Å². The molecule has 5 nitrogen and oxygen atoms in total. The number of hydrogen-bond donors (Lipinski definition) is 0. The van der Waals surface area contributed by atoms with Gasteiger partial charge in [-0.1, -0.05) is 18.2 Å². The molecule has 0 N–H and O–H groups in total. The van der Waals surface area contributed by atoms with Crippen LogP contribution < -0.4 is 4.74 Å². The molecule has 0 amide bonds. The van der Waals surface area contributed by atoms with E-state index in [1.807, 2.05) is 42.8 Å². The predicted octanol–water partition coefficient (Wildman–Crippen LogP) is 2.54. The number of nitrogens with zero attached hydrogens (tertiary/aromatic N) is 3. The van der Waals surface area contributed by atoms with Crippen molar-refractivity contribution in [1.29, 1.82) is 0 Å². The van der Waals surface area contributed by atoms with Crippen LogP contribution in [0.3, 0.4) is 0 Å². The predicted molar refractivity (Wildman–Crippen MR) is 78.4 cm³/mol. The lowest BCUT2D eigenvalue weighted by atomic mass is 9.88. The average molecular weight is 285 g/mol. The summed E-state index contributed by atoms with van der Waals surface area (Å²) in [6.07, 6.45) is 2.56. The second kappa shape index (κ2) is 5.68. The molecule has 21 heavy (non-hydrogen) atoms. The number of Topliss-reactive ketones (excluding diaryl/α,β-unsaturated/α-hetero) is 1. The van der Waals surface area contributed by atoms with Crippen LogP contribution in [0.1, 0.15) is 43.6 Å². The Morgan fingerprint density at radius 1 is 1.43 bits per heavy atom. The molecule has 2 aromatic rings. The van der Waals surface area contributed by atoms with Gasteiger partial charge in [0.05, 0.1) is 18.9 Å². The highest BCUT2D eigenvalue weighted by Crippen LogP contribution is 2.34. The van der Waals surface area contributed by atoms with Gasteiger partial charge in [0, 0.05) is 11.6 Å². The van der Waals surface area contributed by atoms with Gasteiger partial charge in [-0.05, 0) is 26.3 Å². The molecule has 1 atom stereocenters. The van der Waals surface area contributed by atoms with Crippen LogP contribution in [0.25, 0.3) is 0 Å². The lowest BCUT2D eigenvalue weighted by molar-refractivity contribution is -0.120. The summed E-state index contributed by atoms with van der Waals surface area (Å²) in [6.45, 7) is 4.66. The third-order valence-electron chi connectivity index (χ3n) is 3.82. The summed E-state index contributed by atoms with van der Waals surface area (Å²) in [6, 6.07) is 7.98. The van der Waals surface area contributed by atoms with E-state index in [4.69, 9.17) is 4.74 Å². The van der Waals surface area contributed by atoms with Crippen LogP contribution in [0, 0.1) is 0 Å². The number of fused-ring (bicyclic) bond motifs is 1. The fraction of sp³-hybridized carbons (Fsp3) is 0.438. The van der Waals surface area contributed by atoms with Crippen molar-refractivity contribution in [3.8, 4) is 5.75 Å². The molecular formula is C16H19N3O2. The van der Waals surface area contributed by atoms with Crippen LogP contribution in [0.15, 0.2) is 30.6 Å². The minimum absolute atomic E-state index is 0.104. The minimum Gasteiger partial charge on any atom is -0.493 e. The van der Waals surface area contributed by atoms with Crippen LogP contribution in [-0.4, -0.2) is 27.2 Å². The first kappa shape index (κ1) is 13.8. The average Bonchev–Trinajstić information content (AvgIpc) is 2.95. The van der Waals surface area contributed by atoms with Gasteiger partial charge in [0.1, 0.15) is 23.7 Å². The maximum Gasteiger partial charge on any atom is 0.148 e. The van der Waals surface area contributed by atoms with Crippen molar-refractivity contribution in [2.45, 2.75) is 38.6 Å². The van der Waals surface area contributed by atoms with Crippen molar-refractivity contribution in [1.82, 2.24) is 14.8 Å². The monoisotopic (exact) mass is 285 g/mol. The van der Waals surface area contributed by atoms with Crippen molar-refractivity contribution >= 4 is 5.78 Å². The van der Waals surface area contributed by atoms with Crippen molar-refractivity contribution in [2.75, 3.05) is 6.61 Å². The molecule has 110 valence electrons. The minimum atomic E-state index is -0.104. The molecule has 3 rings (SSSR count). The zero-order chi connectivity index (χ0) is 14.8. The standard InChI is InChI=1S/C16H19N3O2/c1-11(2)19-16(17-10-18-19)9-14(20)12-7-8-21-15-6-4-3-5-13(12)15/h3-6,10-12H,7-9H2,1-2H3. The quantitative estimate of drug-likeness (QED) is 0.866. The molecule has 2 heterocycles. The van der Waals surface area contributed by atoms with E-state index in [0.29, 0.717) is 13.0 Å². The lowest BCUT2D eigenvalue weighted by Gasteiger charge is -2.24. The molecule has 1 unspecified atom stereocenters. The summed E-state index contributed by atoms with van der Waals surface area (Å²) in [5.41, 5.74) is 0.990. The molecule has 5 heteroatoms. The zero-order valence-corrected chi connectivity index (χ0v) is 12.3. The molecule has 1 aromatic carbocycles. The second-order valence-corrected chi connectivity index (χ2v) is 5.59. The molecule has 1 aliphatic heterocycles. The van der Waals surface area contributed by atoms with Gasteiger partial charge in [-0.3, -0.25) is 4.79 Å². The Balaban J connectivity index is 1.82. The Hall–Kier alpha value is -2.17. The number of benzene rings is 1. The highest BCUT2D eigenvalue weighted by molar-refractivity contribution is 5.88. The lowest BCUT2D eigenvalue weighted by Crippen LogP contribution is -2.24. The van der Waals surface area contributed by atoms with E-state index >= 15 is 0 Å². The first-order valence-electron chi connectivity index (χ1n) is 7.29. The highest BCUT2D eigenvalue weighted by Gasteiger charge is 2.28. The Labute approximate surface area is 124 Å². The molecule has 0 spiro atoms. The number of ether oxygens (including phenoxy) is 1. The number of rotatable bonds is 4. The van der Waals surface area contributed by atoms with Crippen LogP contribution in [0.5, 0.6) is 5.75 Å². The SMILES string of the molecule is CC(C)n1ncnc1CC(=O)C1CCOc2ccccc21. The van der Waals surface area contributed by atoms with Crippen LogP contribution in [0.4, 0.5) is 0 Å². The van der Waals surface area contributed by atoms with Gasteiger partial charge >= 0.3 is 0 Å². The normalized spacial score (nSPS) is 17.4. The van der Waals surface area contributed by atoms with Crippen molar-refractivity contribution in [2.24, 2.45) is 0 Å². The summed E-state index contributed by atoms with van der Waals surface area (Å²) < 4.78 is 7.42. The molecule has 0 bridgehead atoms. The van der Waals surface area contributed by atoms with Gasteiger partial charge in [0.15, 0.2) is 0 Å². The first-order chi connectivity index (χ1) is 10.2. The molecule has 0 fully saturated rings. The van der Waals surface area contributed by atoms with Gasteiger partial charge in [-0.15, -0.1) is 0 Å². The number of para-hydroxylation sites is 1. The van der Waals surface area contributed by atoms with E-state index in [9.17, 15) is 4.79 Å². The third-order valence-corrected chi connectivity index (χ3v) is 3.82. The summed E-state index contributed by atoms with van der Waals surface area (Å²) in [5.74, 6) is 1.64. The summed E-state index contributed by atoms with van der Waals surface area (Å²) in [7, 11) is 0. The first-order valence-corrected chi connectivity index (χ1v) is 7.29. The number of aromatic nitrogens is 3. The molecule has 0 saturated carbocycles. The van der Waals surface area contributed by atoms with Crippen molar-refractivity contribution in [3.63, 3.8) is 0 Å². The van der Waals surface area contributed by atoms with E-state index in [0.717, 1.165) is 23.6 Å². The van der Waals surface area contributed by atoms with E-state index in [1.54, 1.807) is 0 Å². The van der Waals surface area contributed by atoms with Gasteiger partial charge < -0.3 is 4.74 Å². The Morgan fingerprint density at radius 2 is 2.24 bits per heavy atom. The Kier molecular flexibility index (Phi) is 3.73. The summed E-state index contributed by atoms with van der Waals surface area (Å²) in [4.78, 5) is 16.9. The Morgan fingerprint density at radius 3 is 3.05 bits per heavy atom. The number of hydrogen-bond acceptors (Lipinski definition) is 4. The molecule has 0 radical (unpaired) electrons. The summed E-state index contributed by atoms with van der Waals surface area (Å²) in [5, 5.41) is 4.19. The zero-order valence-electron chi connectivity index (χ0n) is 12.3. The molecule has 1 aromatic heterocycles. The molecule has 1 aliphatic rings. The third kappa shape index (κ3) is 2.68. The van der Waals surface area contributed by atoms with Crippen LogP contribution >= 0.6 is 0 Å². The maximum absolute atomic E-state index is 12.7. The van der Waals surface area contributed by atoms with Gasteiger partial charge in [0.25, 0.3) is 0 Å². The molecule has 0 saturated heterocycles. The highest BCUT2D eigenvalue weighted by atomic mass is 16.5. The van der Waals surface area contributed by atoms with E-state index in [1.165, 1.54) is 6.33 Å². The van der Waals surface area contributed by atoms with Gasteiger partial charge in [-0.2, -0.15) is 5.10 Å². The number of carbonyl (C=O) groups excluding carboxylic acids is 1. The number of carbonyl (C=O) groups is 1. The smallest absolute Gasteiger partial charge is 0.148 e. The largest absolute Gasteiger partial charge is 0.493 e. The maximum atomic E-state index is 12.7. The van der Waals surface area contributed by atoms with E-state index < -0.39 is 0 Å². The number of ketones is 1. The Bertz CT molecular complexity index is 648. The van der Waals surface area contributed by atoms with E-state index in [-0.39, 0.29) is 17.7 Å². The second-order valence-electron chi connectivity index (χ2n) is 5.59. The van der Waals surface area contributed by atoms with Crippen LogP contribution in [-0.2, 0) is 11.2 Å². The summed E-state index contributed by atoms with van der Waals surface area (Å²) >= 11 is 0. The van der Waals surface area contributed by atoms with E-state index in [2.05, 4.69) is 10.1 Å². The molecule has 0 aliphatic carbocycles. The van der Waals surface area contributed by atoms with Gasteiger partial charge in [0.2, 0.25) is 0 Å². The van der Waals surface area contributed by atoms with Gasteiger partial charge in [-0.25, -0.2) is 9.67 Å². The fourth-order valence-electron chi connectivity index (χ4n) is 2.79. The van der Waals surface area contributed by atoms with Crippen molar-refractivity contribution < 1.29 is 9.53 Å². The molecular weight excluding hydrogens is 266 g/mol.